The predicted molar refractivity (Wildman–Crippen MR) is 83.6 cm³/mol. The lowest BCUT2D eigenvalue weighted by Gasteiger charge is -2.17. The Morgan fingerprint density at radius 3 is 2.42 bits per heavy atom. The van der Waals surface area contributed by atoms with E-state index in [2.05, 4.69) is 40.3 Å². The number of methoxy groups -OCH3 is 1. The van der Waals surface area contributed by atoms with E-state index in [4.69, 9.17) is 10.5 Å². The van der Waals surface area contributed by atoms with Crippen molar-refractivity contribution in [3.63, 3.8) is 0 Å². The summed E-state index contributed by atoms with van der Waals surface area (Å²) in [7, 11) is 1.63. The molecule has 0 aliphatic carbocycles. The number of hydrogen-bond donors (Lipinski definition) is 2. The quantitative estimate of drug-likeness (QED) is 0.829. The van der Waals surface area contributed by atoms with Gasteiger partial charge in [-0.05, 0) is 36.8 Å². The van der Waals surface area contributed by atoms with E-state index in [1.54, 1.807) is 7.11 Å². The summed E-state index contributed by atoms with van der Waals surface area (Å²) < 4.78 is 6.22. The minimum Gasteiger partial charge on any atom is -0.497 e. The number of nitrogen functional groups attached to an aromatic ring is 1. The second-order valence-electron chi connectivity index (χ2n) is 4.37. The number of rotatable bonds is 4. The largest absolute Gasteiger partial charge is 0.497 e. The molecule has 0 spiro atoms. The lowest BCUT2D eigenvalue weighted by molar-refractivity contribution is 0.415. The van der Waals surface area contributed by atoms with Crippen LogP contribution in [0, 0.1) is 0 Å². The van der Waals surface area contributed by atoms with Gasteiger partial charge in [-0.3, -0.25) is 0 Å². The van der Waals surface area contributed by atoms with Crippen LogP contribution in [0.15, 0.2) is 46.9 Å². The summed E-state index contributed by atoms with van der Waals surface area (Å²) in [5.41, 5.74) is 8.80. The van der Waals surface area contributed by atoms with Crippen molar-refractivity contribution in [1.29, 1.82) is 0 Å². The van der Waals surface area contributed by atoms with Crippen molar-refractivity contribution in [1.82, 2.24) is 0 Å². The third-order valence-corrected chi connectivity index (χ3v) is 3.53. The van der Waals surface area contributed by atoms with Crippen LogP contribution in [0.5, 0.6) is 5.75 Å². The number of nitrogens with two attached hydrogens (primary N) is 1. The third kappa shape index (κ3) is 3.41. The van der Waals surface area contributed by atoms with E-state index < -0.39 is 0 Å². The zero-order valence-electron chi connectivity index (χ0n) is 11.0. The Labute approximate surface area is 121 Å². The first kappa shape index (κ1) is 13.7. The van der Waals surface area contributed by atoms with E-state index >= 15 is 0 Å². The van der Waals surface area contributed by atoms with Crippen LogP contribution in [0.4, 0.5) is 11.4 Å². The lowest BCUT2D eigenvalue weighted by Crippen LogP contribution is -2.08. The first-order chi connectivity index (χ1) is 9.10. The molecule has 0 bridgehead atoms. The highest BCUT2D eigenvalue weighted by Gasteiger charge is 2.07. The van der Waals surface area contributed by atoms with E-state index in [9.17, 15) is 0 Å². The van der Waals surface area contributed by atoms with Crippen LogP contribution in [-0.2, 0) is 0 Å². The minimum absolute atomic E-state index is 0.184. The number of anilines is 2. The Morgan fingerprint density at radius 2 is 1.84 bits per heavy atom. The summed E-state index contributed by atoms with van der Waals surface area (Å²) in [5.74, 6) is 0.763. The molecule has 2 rings (SSSR count). The van der Waals surface area contributed by atoms with Gasteiger partial charge in [0.1, 0.15) is 5.75 Å². The van der Waals surface area contributed by atoms with Crippen molar-refractivity contribution in [3.8, 4) is 5.75 Å². The molecule has 0 aliphatic rings. The van der Waals surface area contributed by atoms with Crippen molar-refractivity contribution >= 4 is 27.3 Å². The molecule has 3 N–H and O–H groups in total. The first-order valence-electron chi connectivity index (χ1n) is 6.05. The highest BCUT2D eigenvalue weighted by Crippen LogP contribution is 2.28. The molecule has 0 radical (unpaired) electrons. The molecule has 2 aromatic rings. The Balaban J connectivity index is 2.14. The van der Waals surface area contributed by atoms with Crippen LogP contribution in [0.3, 0.4) is 0 Å². The maximum absolute atomic E-state index is 6.00. The number of benzene rings is 2. The molecular weight excluding hydrogens is 304 g/mol. The fraction of sp³-hybridized carbons (Fsp3) is 0.200. The zero-order chi connectivity index (χ0) is 13.8. The highest BCUT2D eigenvalue weighted by molar-refractivity contribution is 9.10. The molecule has 0 saturated heterocycles. The summed E-state index contributed by atoms with van der Waals surface area (Å²) in [6.45, 7) is 2.10. The van der Waals surface area contributed by atoms with Gasteiger partial charge in [-0.15, -0.1) is 0 Å². The van der Waals surface area contributed by atoms with Gasteiger partial charge in [0, 0.05) is 16.6 Å². The van der Waals surface area contributed by atoms with Gasteiger partial charge in [0.2, 0.25) is 0 Å². The van der Waals surface area contributed by atoms with Gasteiger partial charge in [-0.1, -0.05) is 28.1 Å². The Bertz CT molecular complexity index is 555. The predicted octanol–water partition coefficient (Wildman–Crippen LogP) is 4.21. The van der Waals surface area contributed by atoms with E-state index in [0.717, 1.165) is 15.9 Å². The molecule has 0 fully saturated rings. The van der Waals surface area contributed by atoms with Gasteiger partial charge >= 0.3 is 0 Å². The van der Waals surface area contributed by atoms with E-state index in [1.807, 2.05) is 30.3 Å². The number of nitrogens with one attached hydrogen (secondary N) is 1. The number of halogens is 1. The first-order valence-corrected chi connectivity index (χ1v) is 6.85. The zero-order valence-corrected chi connectivity index (χ0v) is 12.6. The summed E-state index contributed by atoms with van der Waals surface area (Å²) >= 11 is 3.43. The topological polar surface area (TPSA) is 47.3 Å². The summed E-state index contributed by atoms with van der Waals surface area (Å²) in [6, 6.07) is 14.1. The molecule has 3 nitrogen and oxygen atoms in total. The van der Waals surface area contributed by atoms with Crippen LogP contribution in [0.25, 0.3) is 0 Å². The monoisotopic (exact) mass is 320 g/mol. The van der Waals surface area contributed by atoms with E-state index in [-0.39, 0.29) is 6.04 Å². The molecule has 2 aromatic carbocycles. The SMILES string of the molecule is COc1ccc(NC(C)c2ccc(Br)cc2)c(N)c1. The molecule has 19 heavy (non-hydrogen) atoms. The van der Waals surface area contributed by atoms with Crippen LogP contribution < -0.4 is 15.8 Å². The fourth-order valence-corrected chi connectivity index (χ4v) is 2.13. The average Bonchev–Trinajstić information content (AvgIpc) is 2.41. The normalized spacial score (nSPS) is 11.9. The summed E-state index contributed by atoms with van der Waals surface area (Å²) in [4.78, 5) is 0. The Kier molecular flexibility index (Phi) is 4.32. The molecule has 1 atom stereocenters. The molecule has 100 valence electrons. The molecular formula is C15H17BrN2O. The van der Waals surface area contributed by atoms with E-state index in [1.165, 1.54) is 5.56 Å². The highest BCUT2D eigenvalue weighted by atomic mass is 79.9. The van der Waals surface area contributed by atoms with Crippen LogP contribution in [0.1, 0.15) is 18.5 Å². The van der Waals surface area contributed by atoms with Gasteiger partial charge < -0.3 is 15.8 Å². The lowest BCUT2D eigenvalue weighted by atomic mass is 10.1. The maximum atomic E-state index is 6.00. The van der Waals surface area contributed by atoms with Gasteiger partial charge in [0.25, 0.3) is 0 Å². The maximum Gasteiger partial charge on any atom is 0.121 e. The number of ether oxygens (including phenoxy) is 1. The Hall–Kier alpha value is -1.68. The van der Waals surface area contributed by atoms with Crippen molar-refractivity contribution in [2.24, 2.45) is 0 Å². The average molecular weight is 321 g/mol. The fourth-order valence-electron chi connectivity index (χ4n) is 1.87. The van der Waals surface area contributed by atoms with Crippen LogP contribution in [0.2, 0.25) is 0 Å². The van der Waals surface area contributed by atoms with Gasteiger partial charge in [-0.2, -0.15) is 0 Å². The molecule has 0 aromatic heterocycles. The molecule has 4 heteroatoms. The molecule has 0 saturated carbocycles. The molecule has 0 aliphatic heterocycles. The molecule has 0 amide bonds. The molecule has 0 heterocycles. The van der Waals surface area contributed by atoms with Crippen molar-refractivity contribution < 1.29 is 4.74 Å². The second kappa shape index (κ2) is 5.97. The smallest absolute Gasteiger partial charge is 0.121 e. The summed E-state index contributed by atoms with van der Waals surface area (Å²) in [6.07, 6.45) is 0. The molecule has 1 unspecified atom stereocenters. The Morgan fingerprint density at radius 1 is 1.16 bits per heavy atom. The summed E-state index contributed by atoms with van der Waals surface area (Å²) in [5, 5.41) is 3.40. The van der Waals surface area contributed by atoms with Crippen LogP contribution in [-0.4, -0.2) is 7.11 Å². The second-order valence-corrected chi connectivity index (χ2v) is 5.29. The van der Waals surface area contributed by atoms with E-state index in [0.29, 0.717) is 5.69 Å². The van der Waals surface area contributed by atoms with Gasteiger partial charge in [-0.25, -0.2) is 0 Å². The van der Waals surface area contributed by atoms with Crippen LogP contribution >= 0.6 is 15.9 Å². The number of hydrogen-bond acceptors (Lipinski definition) is 3. The minimum atomic E-state index is 0.184. The van der Waals surface area contributed by atoms with Gasteiger partial charge in [0.15, 0.2) is 0 Å². The standard InChI is InChI=1S/C15H17BrN2O/c1-10(11-3-5-12(16)6-4-11)18-15-8-7-13(19-2)9-14(15)17/h3-10,18H,17H2,1-2H3. The van der Waals surface area contributed by atoms with Crippen molar-refractivity contribution in [3.05, 3.63) is 52.5 Å². The third-order valence-electron chi connectivity index (χ3n) is 3.00. The van der Waals surface area contributed by atoms with Crippen molar-refractivity contribution in [2.75, 3.05) is 18.2 Å². The van der Waals surface area contributed by atoms with Gasteiger partial charge in [0.05, 0.1) is 18.5 Å². The van der Waals surface area contributed by atoms with Crippen molar-refractivity contribution in [2.45, 2.75) is 13.0 Å².